The van der Waals surface area contributed by atoms with Crippen molar-refractivity contribution in [3.05, 3.63) is 29.8 Å². The summed E-state index contributed by atoms with van der Waals surface area (Å²) in [6, 6.07) is 7.99. The number of carbonyl (C=O) groups excluding carboxylic acids is 1. The van der Waals surface area contributed by atoms with Crippen LogP contribution in [0, 0.1) is 11.3 Å². The molecular weight excluding hydrogens is 290 g/mol. The maximum atomic E-state index is 13.0. The molecule has 1 unspecified atom stereocenters. The summed E-state index contributed by atoms with van der Waals surface area (Å²) in [7, 11) is 1.65. The van der Waals surface area contributed by atoms with Gasteiger partial charge in [-0.3, -0.25) is 4.79 Å². The standard InChI is InChI=1S/C19H27NO3/c1-18(2)11-20(19(3,4)17(18)22)16(21)15-10-14(15)12-6-8-13(23-5)9-7-12/h6-9,14-15,17,22H,10-11H2,1-5H3/t14-,15+,17?/m0/s1. The normalized spacial score (nSPS) is 31.0. The number of nitrogens with zero attached hydrogens (tertiary/aromatic N) is 1. The lowest BCUT2D eigenvalue weighted by Crippen LogP contribution is -2.49. The predicted molar refractivity (Wildman–Crippen MR) is 89.4 cm³/mol. The minimum atomic E-state index is -0.506. The molecule has 3 rings (SSSR count). The van der Waals surface area contributed by atoms with Gasteiger partial charge in [0.15, 0.2) is 0 Å². The lowest BCUT2D eigenvalue weighted by Gasteiger charge is -2.34. The molecule has 126 valence electrons. The molecule has 0 radical (unpaired) electrons. The fourth-order valence-corrected chi connectivity index (χ4v) is 4.05. The van der Waals surface area contributed by atoms with Gasteiger partial charge in [-0.25, -0.2) is 0 Å². The number of hydrogen-bond donors (Lipinski definition) is 1. The third-order valence-electron chi connectivity index (χ3n) is 5.59. The first-order chi connectivity index (χ1) is 10.7. The molecule has 4 heteroatoms. The molecule has 1 aromatic carbocycles. The van der Waals surface area contributed by atoms with Crippen molar-refractivity contribution in [1.82, 2.24) is 4.90 Å². The number of rotatable bonds is 3. The monoisotopic (exact) mass is 317 g/mol. The average Bonchev–Trinajstić information content (AvgIpc) is 3.28. The molecule has 0 spiro atoms. The van der Waals surface area contributed by atoms with E-state index in [1.807, 2.05) is 56.9 Å². The van der Waals surface area contributed by atoms with E-state index < -0.39 is 11.6 Å². The van der Waals surface area contributed by atoms with Gasteiger partial charge >= 0.3 is 0 Å². The van der Waals surface area contributed by atoms with Crippen molar-refractivity contribution in [2.45, 2.75) is 51.7 Å². The van der Waals surface area contributed by atoms with Gasteiger partial charge in [0.1, 0.15) is 5.75 Å². The molecule has 1 N–H and O–H groups in total. The second kappa shape index (κ2) is 5.23. The number of carbonyl (C=O) groups is 1. The molecule has 23 heavy (non-hydrogen) atoms. The summed E-state index contributed by atoms with van der Waals surface area (Å²) in [4.78, 5) is 14.8. The van der Waals surface area contributed by atoms with Crippen molar-refractivity contribution in [2.24, 2.45) is 11.3 Å². The number of ether oxygens (including phenoxy) is 1. The maximum Gasteiger partial charge on any atom is 0.226 e. The largest absolute Gasteiger partial charge is 0.497 e. The number of hydrogen-bond acceptors (Lipinski definition) is 3. The Morgan fingerprint density at radius 3 is 2.30 bits per heavy atom. The first-order valence-electron chi connectivity index (χ1n) is 8.32. The van der Waals surface area contributed by atoms with E-state index in [0.717, 1.165) is 12.2 Å². The lowest BCUT2D eigenvalue weighted by atomic mass is 9.82. The number of benzene rings is 1. The Labute approximate surface area is 138 Å². The number of aliphatic hydroxyl groups is 1. The SMILES string of the molecule is COc1ccc([C@@H]2C[C@H]2C(=O)N2CC(C)(C)C(O)C2(C)C)cc1. The van der Waals surface area contributed by atoms with Gasteiger partial charge < -0.3 is 14.7 Å². The second-order valence-electron chi connectivity index (χ2n) is 8.19. The molecule has 4 nitrogen and oxygen atoms in total. The minimum absolute atomic E-state index is 0.0452. The molecule has 1 saturated carbocycles. The quantitative estimate of drug-likeness (QED) is 0.932. The topological polar surface area (TPSA) is 49.8 Å². The van der Waals surface area contributed by atoms with Gasteiger partial charge in [-0.2, -0.15) is 0 Å². The van der Waals surface area contributed by atoms with E-state index in [-0.39, 0.29) is 17.2 Å². The number of aliphatic hydroxyl groups excluding tert-OH is 1. The van der Waals surface area contributed by atoms with Gasteiger partial charge in [0, 0.05) is 17.9 Å². The van der Waals surface area contributed by atoms with Crippen LogP contribution >= 0.6 is 0 Å². The minimum Gasteiger partial charge on any atom is -0.497 e. The molecule has 1 aliphatic carbocycles. The van der Waals surface area contributed by atoms with Crippen LogP contribution in [0.2, 0.25) is 0 Å². The average molecular weight is 317 g/mol. The summed E-state index contributed by atoms with van der Waals surface area (Å²) in [5, 5.41) is 10.5. The van der Waals surface area contributed by atoms with Crippen LogP contribution < -0.4 is 4.74 Å². The number of likely N-dealkylation sites (tertiary alicyclic amines) is 1. The zero-order chi connectivity index (χ0) is 17.0. The van der Waals surface area contributed by atoms with Crippen LogP contribution in [0.15, 0.2) is 24.3 Å². The summed E-state index contributed by atoms with van der Waals surface area (Å²) < 4.78 is 5.18. The molecule has 2 aliphatic rings. The van der Waals surface area contributed by atoms with Crippen molar-refractivity contribution < 1.29 is 14.6 Å². The van der Waals surface area contributed by atoms with Gasteiger partial charge in [0.2, 0.25) is 5.91 Å². The Hall–Kier alpha value is -1.55. The first kappa shape index (κ1) is 16.3. The Balaban J connectivity index is 1.73. The second-order valence-corrected chi connectivity index (χ2v) is 8.19. The van der Waals surface area contributed by atoms with Crippen molar-refractivity contribution in [3.63, 3.8) is 0 Å². The molecular formula is C19H27NO3. The third-order valence-corrected chi connectivity index (χ3v) is 5.59. The molecule has 1 aromatic rings. The molecule has 1 saturated heterocycles. The van der Waals surface area contributed by atoms with Gasteiger partial charge in [0.25, 0.3) is 0 Å². The number of methoxy groups -OCH3 is 1. The van der Waals surface area contributed by atoms with E-state index in [1.165, 1.54) is 5.56 Å². The maximum absolute atomic E-state index is 13.0. The summed E-state index contributed by atoms with van der Waals surface area (Å²) in [5.74, 6) is 1.36. The van der Waals surface area contributed by atoms with Gasteiger partial charge in [-0.15, -0.1) is 0 Å². The highest BCUT2D eigenvalue weighted by molar-refractivity contribution is 5.84. The fraction of sp³-hybridized carbons (Fsp3) is 0.632. The molecule has 3 atom stereocenters. The van der Waals surface area contributed by atoms with Crippen LogP contribution in [-0.4, -0.2) is 41.2 Å². The highest BCUT2D eigenvalue weighted by atomic mass is 16.5. The molecule has 1 aliphatic heterocycles. The fourth-order valence-electron chi connectivity index (χ4n) is 4.05. The van der Waals surface area contributed by atoms with E-state index in [4.69, 9.17) is 4.74 Å². The molecule has 0 aromatic heterocycles. The van der Waals surface area contributed by atoms with Crippen LogP contribution in [0.25, 0.3) is 0 Å². The zero-order valence-electron chi connectivity index (χ0n) is 14.7. The van der Waals surface area contributed by atoms with Crippen molar-refractivity contribution in [2.75, 3.05) is 13.7 Å². The van der Waals surface area contributed by atoms with E-state index in [1.54, 1.807) is 7.11 Å². The number of amides is 1. The molecule has 0 bridgehead atoms. The van der Waals surface area contributed by atoms with Crippen LogP contribution in [0.4, 0.5) is 0 Å². The Kier molecular flexibility index (Phi) is 3.71. The highest BCUT2D eigenvalue weighted by Gasteiger charge is 2.57. The smallest absolute Gasteiger partial charge is 0.226 e. The first-order valence-corrected chi connectivity index (χ1v) is 8.32. The Morgan fingerprint density at radius 1 is 1.22 bits per heavy atom. The van der Waals surface area contributed by atoms with Gasteiger partial charge in [-0.05, 0) is 43.9 Å². The Morgan fingerprint density at radius 2 is 1.83 bits per heavy atom. The van der Waals surface area contributed by atoms with Crippen molar-refractivity contribution >= 4 is 5.91 Å². The van der Waals surface area contributed by atoms with Crippen LogP contribution in [0.1, 0.15) is 45.6 Å². The summed E-state index contributed by atoms with van der Waals surface area (Å²) in [5.41, 5.74) is 0.429. The highest BCUT2D eigenvalue weighted by Crippen LogP contribution is 2.51. The zero-order valence-corrected chi connectivity index (χ0v) is 14.7. The van der Waals surface area contributed by atoms with Crippen LogP contribution in [0.5, 0.6) is 5.75 Å². The molecule has 1 amide bonds. The van der Waals surface area contributed by atoms with Gasteiger partial charge in [0.05, 0.1) is 18.8 Å². The van der Waals surface area contributed by atoms with Crippen molar-refractivity contribution in [1.29, 1.82) is 0 Å². The lowest BCUT2D eigenvalue weighted by molar-refractivity contribution is -0.137. The summed E-state index contributed by atoms with van der Waals surface area (Å²) in [6.07, 6.45) is 0.394. The summed E-state index contributed by atoms with van der Waals surface area (Å²) >= 11 is 0. The molecule has 2 fully saturated rings. The molecule has 1 heterocycles. The van der Waals surface area contributed by atoms with E-state index in [2.05, 4.69) is 0 Å². The Bertz CT molecular complexity index is 606. The third kappa shape index (κ3) is 2.63. The van der Waals surface area contributed by atoms with E-state index >= 15 is 0 Å². The van der Waals surface area contributed by atoms with E-state index in [9.17, 15) is 9.90 Å². The van der Waals surface area contributed by atoms with Crippen LogP contribution in [-0.2, 0) is 4.79 Å². The summed E-state index contributed by atoms with van der Waals surface area (Å²) in [6.45, 7) is 8.61. The van der Waals surface area contributed by atoms with E-state index in [0.29, 0.717) is 12.5 Å². The van der Waals surface area contributed by atoms with Gasteiger partial charge in [-0.1, -0.05) is 26.0 Å². The predicted octanol–water partition coefficient (Wildman–Crippen LogP) is 2.81. The van der Waals surface area contributed by atoms with Crippen molar-refractivity contribution in [3.8, 4) is 5.75 Å². The van der Waals surface area contributed by atoms with Crippen LogP contribution in [0.3, 0.4) is 0 Å².